The normalized spacial score (nSPS) is 16.0. The number of carbonyl (C=O) groups excluding carboxylic acids is 2. The Morgan fingerprint density at radius 3 is 2.32 bits per heavy atom. The van der Waals surface area contributed by atoms with Crippen molar-refractivity contribution in [3.63, 3.8) is 0 Å². The van der Waals surface area contributed by atoms with Crippen LogP contribution in [0.2, 0.25) is 10.0 Å². The van der Waals surface area contributed by atoms with Gasteiger partial charge in [0, 0.05) is 24.2 Å². The molecular weight excluding hydrogens is 475 g/mol. The summed E-state index contributed by atoms with van der Waals surface area (Å²) in [6.45, 7) is 2.64. The van der Waals surface area contributed by atoms with Crippen LogP contribution in [0.25, 0.3) is 0 Å². The van der Waals surface area contributed by atoms with Gasteiger partial charge in [-0.25, -0.2) is 4.79 Å². The van der Waals surface area contributed by atoms with Crippen LogP contribution in [0.3, 0.4) is 0 Å². The van der Waals surface area contributed by atoms with Crippen LogP contribution in [-0.4, -0.2) is 35.5 Å². The molecule has 8 heteroatoms. The van der Waals surface area contributed by atoms with E-state index < -0.39 is 17.9 Å². The number of nitrogens with one attached hydrogen (secondary N) is 1. The molecule has 0 aromatic heterocycles. The van der Waals surface area contributed by atoms with Crippen molar-refractivity contribution in [1.29, 1.82) is 0 Å². The summed E-state index contributed by atoms with van der Waals surface area (Å²) in [5.74, 6) is -1.71. The van der Waals surface area contributed by atoms with Gasteiger partial charge in [-0.3, -0.25) is 9.59 Å². The Bertz CT molecular complexity index is 1240. The first-order chi connectivity index (χ1) is 16.3. The monoisotopic (exact) mass is 496 g/mol. The predicted molar refractivity (Wildman–Crippen MR) is 132 cm³/mol. The smallest absolute Gasteiger partial charge is 0.326 e. The number of carboxylic acids is 1. The average Bonchev–Trinajstić information content (AvgIpc) is 2.81. The third-order valence-corrected chi connectivity index (χ3v) is 6.53. The SMILES string of the molecule is CC1CN(c2ccc(C[C@H](NC(=O)c3c(Cl)cccc3Cl)C(=O)O)cc2)C(=O)c2ccccc21. The maximum absolute atomic E-state index is 13.0. The van der Waals surface area contributed by atoms with Crippen molar-refractivity contribution < 1.29 is 19.5 Å². The minimum Gasteiger partial charge on any atom is -0.480 e. The zero-order valence-corrected chi connectivity index (χ0v) is 19.8. The Hall–Kier alpha value is -3.35. The molecule has 1 aliphatic rings. The van der Waals surface area contributed by atoms with Crippen LogP contribution in [-0.2, 0) is 11.2 Å². The van der Waals surface area contributed by atoms with Crippen LogP contribution < -0.4 is 10.2 Å². The quantitative estimate of drug-likeness (QED) is 0.491. The van der Waals surface area contributed by atoms with E-state index in [0.717, 1.165) is 11.3 Å². The lowest BCUT2D eigenvalue weighted by atomic mass is 9.90. The van der Waals surface area contributed by atoms with E-state index in [1.54, 1.807) is 35.2 Å². The number of hydrogen-bond acceptors (Lipinski definition) is 3. The lowest BCUT2D eigenvalue weighted by Crippen LogP contribution is -2.42. The van der Waals surface area contributed by atoms with E-state index in [1.807, 2.05) is 24.3 Å². The Morgan fingerprint density at radius 1 is 1.03 bits per heavy atom. The number of nitrogens with zero attached hydrogens (tertiary/aromatic N) is 1. The zero-order chi connectivity index (χ0) is 24.4. The van der Waals surface area contributed by atoms with E-state index in [1.165, 1.54) is 12.1 Å². The highest BCUT2D eigenvalue weighted by Gasteiger charge is 2.30. The van der Waals surface area contributed by atoms with Gasteiger partial charge in [-0.2, -0.15) is 0 Å². The molecule has 3 aromatic rings. The van der Waals surface area contributed by atoms with Crippen molar-refractivity contribution in [2.75, 3.05) is 11.4 Å². The maximum atomic E-state index is 13.0. The molecule has 0 fully saturated rings. The van der Waals surface area contributed by atoms with Gasteiger partial charge >= 0.3 is 5.97 Å². The summed E-state index contributed by atoms with van der Waals surface area (Å²) in [5, 5.41) is 12.4. The third-order valence-electron chi connectivity index (χ3n) is 5.90. The molecule has 0 radical (unpaired) electrons. The van der Waals surface area contributed by atoms with Crippen LogP contribution in [0.4, 0.5) is 5.69 Å². The van der Waals surface area contributed by atoms with Gasteiger partial charge < -0.3 is 15.3 Å². The summed E-state index contributed by atoms with van der Waals surface area (Å²) < 4.78 is 0. The highest BCUT2D eigenvalue weighted by molar-refractivity contribution is 6.39. The summed E-state index contributed by atoms with van der Waals surface area (Å²) >= 11 is 12.1. The molecule has 174 valence electrons. The zero-order valence-electron chi connectivity index (χ0n) is 18.3. The van der Waals surface area contributed by atoms with Gasteiger partial charge in [0.15, 0.2) is 0 Å². The van der Waals surface area contributed by atoms with E-state index >= 15 is 0 Å². The lowest BCUT2D eigenvalue weighted by molar-refractivity contribution is -0.139. The topological polar surface area (TPSA) is 86.7 Å². The number of benzene rings is 3. The van der Waals surface area contributed by atoms with Gasteiger partial charge in [0.25, 0.3) is 11.8 Å². The molecule has 0 saturated carbocycles. The molecule has 4 rings (SSSR count). The first-order valence-corrected chi connectivity index (χ1v) is 11.5. The standard InChI is InChI=1S/C26H22Cl2N2O4/c1-15-14-30(25(32)19-6-3-2-5-18(15)19)17-11-9-16(10-12-17)13-22(26(33)34)29-24(31)23-20(27)7-4-8-21(23)28/h2-12,15,22H,13-14H2,1H3,(H,29,31)(H,33,34)/t15?,22-/m0/s1. The molecule has 0 spiro atoms. The molecule has 2 atom stereocenters. The first-order valence-electron chi connectivity index (χ1n) is 10.7. The highest BCUT2D eigenvalue weighted by atomic mass is 35.5. The number of fused-ring (bicyclic) bond motifs is 1. The summed E-state index contributed by atoms with van der Waals surface area (Å²) in [7, 11) is 0. The number of rotatable bonds is 6. The van der Waals surface area contributed by atoms with E-state index in [2.05, 4.69) is 12.2 Å². The minimum absolute atomic E-state index is 0.0328. The molecule has 1 unspecified atom stereocenters. The van der Waals surface area contributed by atoms with Crippen LogP contribution in [0.1, 0.15) is 44.7 Å². The molecule has 6 nitrogen and oxygen atoms in total. The largest absolute Gasteiger partial charge is 0.480 e. The van der Waals surface area contributed by atoms with Crippen LogP contribution in [0.15, 0.2) is 66.7 Å². The lowest BCUT2D eigenvalue weighted by Gasteiger charge is -2.32. The third kappa shape index (κ3) is 4.79. The van der Waals surface area contributed by atoms with Crippen LogP contribution in [0, 0.1) is 0 Å². The molecule has 3 aromatic carbocycles. The molecule has 0 saturated heterocycles. The summed E-state index contributed by atoms with van der Waals surface area (Å²) in [5.41, 5.74) is 3.19. The van der Waals surface area contributed by atoms with Crippen molar-refractivity contribution in [3.8, 4) is 0 Å². The second-order valence-electron chi connectivity index (χ2n) is 8.24. The number of hydrogen-bond donors (Lipinski definition) is 2. The van der Waals surface area contributed by atoms with Gasteiger partial charge in [0.1, 0.15) is 6.04 Å². The Kier molecular flexibility index (Phi) is 6.91. The van der Waals surface area contributed by atoms with Crippen molar-refractivity contribution in [2.45, 2.75) is 25.3 Å². The number of amides is 2. The Balaban J connectivity index is 1.49. The molecular formula is C26H22Cl2N2O4. The Labute approximate surface area is 207 Å². The van der Waals surface area contributed by atoms with Gasteiger partial charge in [-0.05, 0) is 47.4 Å². The maximum Gasteiger partial charge on any atom is 0.326 e. The van der Waals surface area contributed by atoms with Crippen molar-refractivity contribution in [1.82, 2.24) is 5.32 Å². The molecule has 1 aliphatic heterocycles. The fraction of sp³-hybridized carbons (Fsp3) is 0.192. The molecule has 1 heterocycles. The minimum atomic E-state index is -1.19. The Morgan fingerprint density at radius 2 is 1.68 bits per heavy atom. The number of carboxylic acid groups (broad SMARTS) is 1. The summed E-state index contributed by atoms with van der Waals surface area (Å²) in [4.78, 5) is 39.2. The summed E-state index contributed by atoms with van der Waals surface area (Å²) in [6.07, 6.45) is 0.0522. The van der Waals surface area contributed by atoms with Gasteiger partial charge in [-0.15, -0.1) is 0 Å². The van der Waals surface area contributed by atoms with Crippen LogP contribution >= 0.6 is 23.2 Å². The second kappa shape index (κ2) is 9.87. The molecule has 2 amide bonds. The van der Waals surface area contributed by atoms with E-state index in [-0.39, 0.29) is 33.9 Å². The van der Waals surface area contributed by atoms with Crippen molar-refractivity contribution in [2.24, 2.45) is 0 Å². The predicted octanol–water partition coefficient (Wildman–Crippen LogP) is 5.18. The second-order valence-corrected chi connectivity index (χ2v) is 9.05. The van der Waals surface area contributed by atoms with Gasteiger partial charge in [-0.1, -0.05) is 66.5 Å². The van der Waals surface area contributed by atoms with Crippen molar-refractivity contribution >= 4 is 46.7 Å². The molecule has 34 heavy (non-hydrogen) atoms. The first kappa shape index (κ1) is 23.8. The number of anilines is 1. The molecule has 0 aliphatic carbocycles. The van der Waals surface area contributed by atoms with E-state index in [0.29, 0.717) is 17.7 Å². The molecule has 0 bridgehead atoms. The number of carbonyl (C=O) groups is 3. The van der Waals surface area contributed by atoms with E-state index in [9.17, 15) is 19.5 Å². The average molecular weight is 497 g/mol. The van der Waals surface area contributed by atoms with Gasteiger partial charge in [0.2, 0.25) is 0 Å². The number of aliphatic carboxylic acids is 1. The van der Waals surface area contributed by atoms with Crippen molar-refractivity contribution in [3.05, 3.63) is 99.0 Å². The number of halogens is 2. The molecule has 2 N–H and O–H groups in total. The fourth-order valence-corrected chi connectivity index (χ4v) is 4.71. The van der Waals surface area contributed by atoms with Gasteiger partial charge in [0.05, 0.1) is 15.6 Å². The van der Waals surface area contributed by atoms with E-state index in [4.69, 9.17) is 23.2 Å². The van der Waals surface area contributed by atoms with Crippen LogP contribution in [0.5, 0.6) is 0 Å². The fourth-order valence-electron chi connectivity index (χ4n) is 4.14. The summed E-state index contributed by atoms with van der Waals surface area (Å²) in [6, 6.07) is 18.1. The highest BCUT2D eigenvalue weighted by Crippen LogP contribution is 2.31.